The number of halogens is 2. The van der Waals surface area contributed by atoms with Crippen molar-refractivity contribution in [2.75, 3.05) is 26.3 Å². The number of ether oxygens (including phenoxy) is 3. The van der Waals surface area contributed by atoms with Crippen molar-refractivity contribution in [3.8, 4) is 17.7 Å². The van der Waals surface area contributed by atoms with Gasteiger partial charge in [-0.3, -0.25) is 5.10 Å². The Labute approximate surface area is 194 Å². The molecule has 0 spiro atoms. The fourth-order valence-corrected chi connectivity index (χ4v) is 4.37. The summed E-state index contributed by atoms with van der Waals surface area (Å²) in [5.74, 6) is -0.457. The van der Waals surface area contributed by atoms with Gasteiger partial charge >= 0.3 is 6.09 Å². The molecule has 1 fully saturated rings. The fraction of sp³-hybridized carbons (Fsp3) is 0.381. The highest BCUT2D eigenvalue weighted by Gasteiger charge is 2.38. The van der Waals surface area contributed by atoms with Crippen LogP contribution in [0.25, 0.3) is 0 Å². The minimum Gasteiger partial charge on any atom is -0.420 e. The number of fused-ring (bicyclic) bond motifs is 1. The maximum absolute atomic E-state index is 12.8. The van der Waals surface area contributed by atoms with Crippen molar-refractivity contribution < 1.29 is 19.0 Å². The van der Waals surface area contributed by atoms with E-state index in [1.54, 1.807) is 6.07 Å². The maximum Gasteiger partial charge on any atom is 0.415 e. The molecule has 168 valence electrons. The van der Waals surface area contributed by atoms with Gasteiger partial charge in [-0.25, -0.2) is 4.79 Å². The molecule has 9 nitrogen and oxygen atoms in total. The van der Waals surface area contributed by atoms with Crippen LogP contribution < -0.4 is 15.2 Å². The van der Waals surface area contributed by atoms with Crippen LogP contribution in [0.3, 0.4) is 0 Å². The Bertz CT molecular complexity index is 1130. The first-order valence-corrected chi connectivity index (χ1v) is 10.8. The molecular formula is C21H21Cl2N5O4. The van der Waals surface area contributed by atoms with E-state index < -0.39 is 12.0 Å². The van der Waals surface area contributed by atoms with E-state index in [9.17, 15) is 10.1 Å². The Morgan fingerprint density at radius 3 is 2.75 bits per heavy atom. The normalized spacial score (nSPS) is 18.2. The summed E-state index contributed by atoms with van der Waals surface area (Å²) in [4.78, 5) is 14.4. The number of rotatable bonds is 3. The second-order valence-corrected chi connectivity index (χ2v) is 8.55. The fourth-order valence-electron chi connectivity index (χ4n) is 3.82. The Hall–Kier alpha value is -2.93. The first-order valence-electron chi connectivity index (χ1n) is 10.0. The van der Waals surface area contributed by atoms with Gasteiger partial charge in [-0.2, -0.15) is 5.26 Å². The average Bonchev–Trinajstić information content (AvgIpc) is 3.18. The number of benzene rings is 1. The van der Waals surface area contributed by atoms with E-state index in [4.69, 9.17) is 43.1 Å². The molecule has 3 N–H and O–H groups in total. The van der Waals surface area contributed by atoms with Crippen LogP contribution in [0.2, 0.25) is 10.0 Å². The number of carbonyl (C=O) groups is 1. The van der Waals surface area contributed by atoms with Gasteiger partial charge in [-0.1, -0.05) is 37.0 Å². The Morgan fingerprint density at radius 1 is 1.38 bits per heavy atom. The minimum atomic E-state index is -0.747. The zero-order chi connectivity index (χ0) is 23.0. The molecule has 2 aliphatic rings. The highest BCUT2D eigenvalue weighted by molar-refractivity contribution is 6.35. The number of nitrogens with zero attached hydrogens (tertiary/aromatic N) is 3. The van der Waals surface area contributed by atoms with Crippen molar-refractivity contribution in [1.82, 2.24) is 15.1 Å². The van der Waals surface area contributed by atoms with E-state index in [-0.39, 0.29) is 34.0 Å². The van der Waals surface area contributed by atoms with Gasteiger partial charge in [-0.05, 0) is 18.1 Å². The molecule has 2 aromatic rings. The van der Waals surface area contributed by atoms with Crippen LogP contribution in [0, 0.1) is 11.3 Å². The van der Waals surface area contributed by atoms with Gasteiger partial charge in [-0.15, -0.1) is 5.10 Å². The molecule has 0 radical (unpaired) electrons. The summed E-state index contributed by atoms with van der Waals surface area (Å²) in [6.07, 6.45) is -0.571. The van der Waals surface area contributed by atoms with Crippen LogP contribution in [-0.4, -0.2) is 47.5 Å². The number of aromatic amines is 1. The van der Waals surface area contributed by atoms with Crippen molar-refractivity contribution in [3.05, 3.63) is 50.5 Å². The van der Waals surface area contributed by atoms with Crippen molar-refractivity contribution in [3.63, 3.8) is 0 Å². The summed E-state index contributed by atoms with van der Waals surface area (Å²) in [5, 5.41) is 17.5. The standard InChI is InChI=1S/C21H21Cl2N5O4/c1-10(2)17-16-15(13(9-24)19(25)32-20(16)27-26-17)12-7-11(22)8-14(23)18(12)31-21(29)28-3-5-30-6-4-28/h7-8,10,15H,3-6,25H2,1-2H3,(H,26,27). The zero-order valence-corrected chi connectivity index (χ0v) is 19.0. The molecule has 4 rings (SSSR count). The van der Waals surface area contributed by atoms with Crippen molar-refractivity contribution in [2.24, 2.45) is 5.73 Å². The quantitative estimate of drug-likeness (QED) is 0.685. The predicted octanol–water partition coefficient (Wildman–Crippen LogP) is 3.89. The molecule has 3 heterocycles. The van der Waals surface area contributed by atoms with E-state index >= 15 is 0 Å². The highest BCUT2D eigenvalue weighted by atomic mass is 35.5. The first kappa shape index (κ1) is 22.3. The van der Waals surface area contributed by atoms with Crippen LogP contribution in [0.15, 0.2) is 23.6 Å². The highest BCUT2D eigenvalue weighted by Crippen LogP contribution is 2.49. The third-order valence-corrected chi connectivity index (χ3v) is 5.85. The SMILES string of the molecule is CC(C)c1[nH]nc2c1C(c1cc(Cl)cc(Cl)c1OC(=O)N1CCOCC1)C(C#N)=C(N)O2. The van der Waals surface area contributed by atoms with Crippen molar-refractivity contribution in [2.45, 2.75) is 25.7 Å². The van der Waals surface area contributed by atoms with E-state index in [0.717, 1.165) is 5.69 Å². The number of H-pyrrole nitrogens is 1. The molecule has 0 saturated carbocycles. The maximum atomic E-state index is 12.8. The number of morpholine rings is 1. The number of nitriles is 1. The van der Waals surface area contributed by atoms with Crippen LogP contribution >= 0.6 is 23.2 Å². The number of carbonyl (C=O) groups excluding carboxylic acids is 1. The number of amides is 1. The summed E-state index contributed by atoms with van der Waals surface area (Å²) >= 11 is 12.8. The predicted molar refractivity (Wildman–Crippen MR) is 117 cm³/mol. The summed E-state index contributed by atoms with van der Waals surface area (Å²) in [5.41, 5.74) is 7.98. The van der Waals surface area contributed by atoms with Gasteiger partial charge in [0.1, 0.15) is 11.6 Å². The van der Waals surface area contributed by atoms with Gasteiger partial charge in [0, 0.05) is 29.4 Å². The molecule has 32 heavy (non-hydrogen) atoms. The van der Waals surface area contributed by atoms with E-state index in [1.807, 2.05) is 13.8 Å². The van der Waals surface area contributed by atoms with Gasteiger partial charge in [0.05, 0.1) is 29.7 Å². The van der Waals surface area contributed by atoms with Gasteiger partial charge in [0.2, 0.25) is 11.8 Å². The molecule has 1 unspecified atom stereocenters. The van der Waals surface area contributed by atoms with Crippen LogP contribution in [0.1, 0.15) is 42.5 Å². The van der Waals surface area contributed by atoms with Crippen molar-refractivity contribution in [1.29, 1.82) is 5.26 Å². The van der Waals surface area contributed by atoms with Crippen LogP contribution in [-0.2, 0) is 4.74 Å². The van der Waals surface area contributed by atoms with Gasteiger partial charge < -0.3 is 24.8 Å². The van der Waals surface area contributed by atoms with Crippen LogP contribution in [0.4, 0.5) is 4.79 Å². The molecule has 11 heteroatoms. The third kappa shape index (κ3) is 3.97. The average molecular weight is 478 g/mol. The summed E-state index contributed by atoms with van der Waals surface area (Å²) in [7, 11) is 0. The molecule has 2 aliphatic heterocycles. The Kier molecular flexibility index (Phi) is 6.20. The molecule has 1 saturated heterocycles. The van der Waals surface area contributed by atoms with Crippen LogP contribution in [0.5, 0.6) is 11.6 Å². The number of hydrogen-bond acceptors (Lipinski definition) is 7. The number of hydrogen-bond donors (Lipinski definition) is 2. The van der Waals surface area contributed by atoms with Crippen molar-refractivity contribution >= 4 is 29.3 Å². The van der Waals surface area contributed by atoms with E-state index in [1.165, 1.54) is 11.0 Å². The summed E-state index contributed by atoms with van der Waals surface area (Å²) in [6.45, 7) is 5.59. The van der Waals surface area contributed by atoms with E-state index in [0.29, 0.717) is 42.5 Å². The lowest BCUT2D eigenvalue weighted by Gasteiger charge is -2.29. The largest absolute Gasteiger partial charge is 0.420 e. The lowest BCUT2D eigenvalue weighted by Crippen LogP contribution is -2.42. The lowest BCUT2D eigenvalue weighted by molar-refractivity contribution is 0.0415. The van der Waals surface area contributed by atoms with Gasteiger partial charge in [0.25, 0.3) is 0 Å². The molecule has 1 atom stereocenters. The van der Waals surface area contributed by atoms with Gasteiger partial charge in [0.15, 0.2) is 5.75 Å². The first-order chi connectivity index (χ1) is 15.3. The number of nitrogens with two attached hydrogens (primary N) is 1. The second-order valence-electron chi connectivity index (χ2n) is 7.71. The Morgan fingerprint density at radius 2 is 2.09 bits per heavy atom. The zero-order valence-electron chi connectivity index (χ0n) is 17.4. The molecule has 0 bridgehead atoms. The molecule has 0 aliphatic carbocycles. The second kappa shape index (κ2) is 8.90. The van der Waals surface area contributed by atoms with E-state index in [2.05, 4.69) is 16.3 Å². The molecular weight excluding hydrogens is 457 g/mol. The molecule has 1 aromatic heterocycles. The summed E-state index contributed by atoms with van der Waals surface area (Å²) < 4.78 is 16.6. The third-order valence-electron chi connectivity index (χ3n) is 5.35. The monoisotopic (exact) mass is 477 g/mol. The molecule has 1 aromatic carbocycles. The smallest absolute Gasteiger partial charge is 0.415 e. The summed E-state index contributed by atoms with van der Waals surface area (Å²) in [6, 6.07) is 5.20. The minimum absolute atomic E-state index is 0.0330. The molecule has 1 amide bonds. The number of allylic oxidation sites excluding steroid dienone is 1. The number of nitrogens with one attached hydrogen (secondary N) is 1. The Balaban J connectivity index is 1.86. The topological polar surface area (TPSA) is 126 Å². The number of aromatic nitrogens is 2. The lowest BCUT2D eigenvalue weighted by atomic mass is 9.82.